The molecule has 0 atom stereocenters. The SMILES string of the molecule is CCN1CCC(N(C)S(=O)(=O)c2ccc(CCC(C)C)cc2)CC1. The Bertz CT molecular complexity index is 603. The van der Waals surface area contributed by atoms with Crippen molar-refractivity contribution in [1.29, 1.82) is 0 Å². The Morgan fingerprint density at radius 3 is 2.25 bits per heavy atom. The quantitative estimate of drug-likeness (QED) is 0.755. The molecule has 1 fully saturated rings. The van der Waals surface area contributed by atoms with Crippen LogP contribution in [0.2, 0.25) is 0 Å². The highest BCUT2D eigenvalue weighted by Crippen LogP contribution is 2.23. The number of rotatable bonds is 7. The molecule has 1 saturated heterocycles. The summed E-state index contributed by atoms with van der Waals surface area (Å²) in [5.41, 5.74) is 1.21. The molecule has 0 N–H and O–H groups in total. The summed E-state index contributed by atoms with van der Waals surface area (Å²) in [7, 11) is -1.67. The van der Waals surface area contributed by atoms with E-state index in [4.69, 9.17) is 0 Å². The summed E-state index contributed by atoms with van der Waals surface area (Å²) in [6, 6.07) is 7.56. The predicted molar refractivity (Wildman–Crippen MR) is 99.7 cm³/mol. The van der Waals surface area contributed by atoms with Crippen LogP contribution in [0.15, 0.2) is 29.2 Å². The summed E-state index contributed by atoms with van der Waals surface area (Å²) in [6.45, 7) is 9.57. The van der Waals surface area contributed by atoms with Gasteiger partial charge in [0.15, 0.2) is 0 Å². The average Bonchev–Trinajstić information content (AvgIpc) is 2.59. The second kappa shape index (κ2) is 8.45. The van der Waals surface area contributed by atoms with Crippen molar-refractivity contribution in [2.24, 2.45) is 5.92 Å². The lowest BCUT2D eigenvalue weighted by molar-refractivity contribution is 0.176. The highest BCUT2D eigenvalue weighted by atomic mass is 32.2. The fourth-order valence-corrected chi connectivity index (χ4v) is 4.66. The topological polar surface area (TPSA) is 40.6 Å². The van der Waals surface area contributed by atoms with Gasteiger partial charge < -0.3 is 4.90 Å². The van der Waals surface area contributed by atoms with E-state index >= 15 is 0 Å². The van der Waals surface area contributed by atoms with E-state index in [-0.39, 0.29) is 6.04 Å². The third-order valence-corrected chi connectivity index (χ3v) is 7.05. The Morgan fingerprint density at radius 1 is 1.17 bits per heavy atom. The van der Waals surface area contributed by atoms with Gasteiger partial charge in [-0.3, -0.25) is 0 Å². The summed E-state index contributed by atoms with van der Waals surface area (Å²) in [6.07, 6.45) is 3.96. The molecule has 0 aromatic heterocycles. The van der Waals surface area contributed by atoms with Crippen LogP contribution in [0.4, 0.5) is 0 Å². The van der Waals surface area contributed by atoms with Crippen molar-refractivity contribution in [1.82, 2.24) is 9.21 Å². The van der Waals surface area contributed by atoms with Crippen LogP contribution in [0.3, 0.4) is 0 Å². The van der Waals surface area contributed by atoms with Gasteiger partial charge in [-0.15, -0.1) is 0 Å². The molecule has 1 aromatic carbocycles. The van der Waals surface area contributed by atoms with E-state index in [1.54, 1.807) is 23.5 Å². The summed E-state index contributed by atoms with van der Waals surface area (Å²) in [5, 5.41) is 0. The molecule has 0 amide bonds. The van der Waals surface area contributed by atoms with Crippen LogP contribution in [0, 0.1) is 5.92 Å². The highest BCUT2D eigenvalue weighted by molar-refractivity contribution is 7.89. The van der Waals surface area contributed by atoms with Crippen molar-refractivity contribution >= 4 is 10.0 Å². The van der Waals surface area contributed by atoms with Gasteiger partial charge in [-0.05, 0) is 68.9 Å². The molecule has 136 valence electrons. The minimum Gasteiger partial charge on any atom is -0.303 e. The van der Waals surface area contributed by atoms with Crippen LogP contribution < -0.4 is 0 Å². The molecule has 2 rings (SSSR count). The third-order valence-electron chi connectivity index (χ3n) is 5.13. The van der Waals surface area contributed by atoms with Gasteiger partial charge in [0.1, 0.15) is 0 Å². The van der Waals surface area contributed by atoms with Crippen molar-refractivity contribution in [3.05, 3.63) is 29.8 Å². The van der Waals surface area contributed by atoms with Gasteiger partial charge in [-0.25, -0.2) is 8.42 Å². The maximum Gasteiger partial charge on any atom is 0.243 e. The standard InChI is InChI=1S/C19H32N2O2S/c1-5-21-14-12-18(13-15-21)20(4)24(22,23)19-10-8-17(9-11-19)7-6-16(2)3/h8-11,16,18H,5-7,12-15H2,1-4H3. The molecule has 24 heavy (non-hydrogen) atoms. The molecular formula is C19H32N2O2S. The van der Waals surface area contributed by atoms with Crippen molar-refractivity contribution in [2.75, 3.05) is 26.7 Å². The lowest BCUT2D eigenvalue weighted by Gasteiger charge is -2.35. The third kappa shape index (κ3) is 4.80. The smallest absolute Gasteiger partial charge is 0.243 e. The van der Waals surface area contributed by atoms with E-state index in [0.717, 1.165) is 45.3 Å². The van der Waals surface area contributed by atoms with Crippen LogP contribution >= 0.6 is 0 Å². The number of hydrogen-bond donors (Lipinski definition) is 0. The molecule has 1 aromatic rings. The molecule has 5 heteroatoms. The molecule has 0 spiro atoms. The Labute approximate surface area is 147 Å². The summed E-state index contributed by atoms with van der Waals surface area (Å²) in [5.74, 6) is 0.661. The summed E-state index contributed by atoms with van der Waals surface area (Å²) < 4.78 is 27.3. The summed E-state index contributed by atoms with van der Waals surface area (Å²) >= 11 is 0. The number of aryl methyl sites for hydroxylation is 1. The lowest BCUT2D eigenvalue weighted by Crippen LogP contribution is -2.45. The van der Waals surface area contributed by atoms with Crippen LogP contribution in [-0.4, -0.2) is 50.3 Å². The van der Waals surface area contributed by atoms with Gasteiger partial charge in [-0.2, -0.15) is 4.31 Å². The molecular weight excluding hydrogens is 320 g/mol. The van der Waals surface area contributed by atoms with Gasteiger partial charge in [0.25, 0.3) is 0 Å². The van der Waals surface area contributed by atoms with Crippen LogP contribution in [-0.2, 0) is 16.4 Å². The van der Waals surface area contributed by atoms with Crippen LogP contribution in [0.5, 0.6) is 0 Å². The van der Waals surface area contributed by atoms with Crippen molar-refractivity contribution in [3.8, 4) is 0 Å². The molecule has 4 nitrogen and oxygen atoms in total. The zero-order valence-electron chi connectivity index (χ0n) is 15.5. The molecule has 0 unspecified atom stereocenters. The minimum absolute atomic E-state index is 0.110. The maximum absolute atomic E-state index is 12.9. The number of nitrogens with zero attached hydrogens (tertiary/aromatic N) is 2. The first kappa shape index (κ1) is 19.4. The molecule has 0 radical (unpaired) electrons. The van der Waals surface area contributed by atoms with E-state index in [2.05, 4.69) is 25.7 Å². The number of sulfonamides is 1. The molecule has 1 aliphatic rings. The first-order valence-electron chi connectivity index (χ1n) is 9.14. The number of likely N-dealkylation sites (tertiary alicyclic amines) is 1. The minimum atomic E-state index is -3.40. The Kier molecular flexibility index (Phi) is 6.84. The van der Waals surface area contributed by atoms with Gasteiger partial charge in [-0.1, -0.05) is 32.9 Å². The molecule has 0 saturated carbocycles. The monoisotopic (exact) mass is 352 g/mol. The van der Waals surface area contributed by atoms with Crippen LogP contribution in [0.25, 0.3) is 0 Å². The van der Waals surface area contributed by atoms with E-state index in [1.807, 2.05) is 12.1 Å². The zero-order chi connectivity index (χ0) is 17.7. The second-order valence-electron chi connectivity index (χ2n) is 7.26. The highest BCUT2D eigenvalue weighted by Gasteiger charge is 2.30. The van der Waals surface area contributed by atoms with Crippen molar-refractivity contribution in [3.63, 3.8) is 0 Å². The number of hydrogen-bond acceptors (Lipinski definition) is 3. The normalized spacial score (nSPS) is 17.8. The van der Waals surface area contributed by atoms with E-state index in [1.165, 1.54) is 5.56 Å². The van der Waals surface area contributed by atoms with Gasteiger partial charge >= 0.3 is 0 Å². The molecule has 1 heterocycles. The fraction of sp³-hybridized carbons (Fsp3) is 0.684. The maximum atomic E-state index is 12.9. The first-order chi connectivity index (χ1) is 11.3. The molecule has 0 aliphatic carbocycles. The average molecular weight is 353 g/mol. The van der Waals surface area contributed by atoms with Crippen LogP contribution in [0.1, 0.15) is 45.6 Å². The molecule has 0 bridgehead atoms. The Balaban J connectivity index is 2.03. The van der Waals surface area contributed by atoms with E-state index < -0.39 is 10.0 Å². The first-order valence-corrected chi connectivity index (χ1v) is 10.6. The van der Waals surface area contributed by atoms with E-state index in [9.17, 15) is 8.42 Å². The van der Waals surface area contributed by atoms with Gasteiger partial charge in [0.2, 0.25) is 10.0 Å². The Morgan fingerprint density at radius 2 is 1.75 bits per heavy atom. The largest absolute Gasteiger partial charge is 0.303 e. The summed E-state index contributed by atoms with van der Waals surface area (Å²) in [4.78, 5) is 2.79. The van der Waals surface area contributed by atoms with E-state index in [0.29, 0.717) is 10.8 Å². The Hall–Kier alpha value is -0.910. The lowest BCUT2D eigenvalue weighted by atomic mass is 10.0. The van der Waals surface area contributed by atoms with Gasteiger partial charge in [0, 0.05) is 13.1 Å². The number of piperidine rings is 1. The predicted octanol–water partition coefficient (Wildman–Crippen LogP) is 3.38. The zero-order valence-corrected chi connectivity index (χ0v) is 16.3. The molecule has 1 aliphatic heterocycles. The van der Waals surface area contributed by atoms with Crippen molar-refractivity contribution in [2.45, 2.75) is 57.4 Å². The second-order valence-corrected chi connectivity index (χ2v) is 9.26. The van der Waals surface area contributed by atoms with Crippen molar-refractivity contribution < 1.29 is 8.42 Å². The fourth-order valence-electron chi connectivity index (χ4n) is 3.25. The van der Waals surface area contributed by atoms with Gasteiger partial charge in [0.05, 0.1) is 4.90 Å². The number of benzene rings is 1.